The molecule has 1 aliphatic rings. The lowest BCUT2D eigenvalue weighted by atomic mass is 10.2. The predicted octanol–water partition coefficient (Wildman–Crippen LogP) is 1.92. The molecule has 0 unspecified atom stereocenters. The minimum Gasteiger partial charge on any atom is -0.340 e. The predicted molar refractivity (Wildman–Crippen MR) is 81.2 cm³/mol. The molecule has 1 heterocycles. The van der Waals surface area contributed by atoms with E-state index in [9.17, 15) is 13.2 Å². The van der Waals surface area contributed by atoms with E-state index in [4.69, 9.17) is 0 Å². The Kier molecular flexibility index (Phi) is 5.05. The van der Waals surface area contributed by atoms with Crippen molar-refractivity contribution in [2.45, 2.75) is 45.1 Å². The van der Waals surface area contributed by atoms with Crippen LogP contribution in [0.5, 0.6) is 0 Å². The topological polar surface area (TPSA) is 71.4 Å². The molecule has 0 aliphatic heterocycles. The van der Waals surface area contributed by atoms with Gasteiger partial charge in [-0.3, -0.25) is 4.79 Å². The number of nitrogens with one attached hydrogen (secondary N) is 1. The average Bonchev–Trinajstić information content (AvgIpc) is 3.09. The van der Waals surface area contributed by atoms with E-state index >= 15 is 0 Å². The van der Waals surface area contributed by atoms with Crippen molar-refractivity contribution in [1.29, 1.82) is 0 Å². The van der Waals surface area contributed by atoms with Crippen molar-refractivity contribution in [1.82, 2.24) is 13.6 Å². The van der Waals surface area contributed by atoms with Gasteiger partial charge in [-0.2, -0.15) is 12.7 Å². The zero-order valence-corrected chi connectivity index (χ0v) is 13.4. The zero-order valence-electron chi connectivity index (χ0n) is 12.6. The van der Waals surface area contributed by atoms with Gasteiger partial charge >= 0.3 is 10.2 Å². The van der Waals surface area contributed by atoms with E-state index in [2.05, 4.69) is 4.72 Å². The van der Waals surface area contributed by atoms with Gasteiger partial charge in [0.1, 0.15) is 5.69 Å². The first kappa shape index (κ1) is 16.0. The Morgan fingerprint density at radius 3 is 2.71 bits per heavy atom. The zero-order chi connectivity index (χ0) is 15.5. The third kappa shape index (κ3) is 3.65. The van der Waals surface area contributed by atoms with E-state index in [1.165, 1.54) is 7.05 Å². The summed E-state index contributed by atoms with van der Waals surface area (Å²) < 4.78 is 29.3. The smallest absolute Gasteiger partial charge is 0.303 e. The second kappa shape index (κ2) is 6.62. The Balaban J connectivity index is 2.12. The molecule has 1 N–H and O–H groups in total. The summed E-state index contributed by atoms with van der Waals surface area (Å²) in [6.45, 7) is 2.27. The van der Waals surface area contributed by atoms with Gasteiger partial charge in [0.2, 0.25) is 0 Å². The van der Waals surface area contributed by atoms with E-state index in [1.54, 1.807) is 12.1 Å². The lowest BCUT2D eigenvalue weighted by molar-refractivity contribution is 0.0968. The second-order valence-electron chi connectivity index (χ2n) is 5.50. The van der Waals surface area contributed by atoms with Crippen LogP contribution in [0.3, 0.4) is 0 Å². The van der Waals surface area contributed by atoms with Crippen molar-refractivity contribution >= 4 is 16.1 Å². The lowest BCUT2D eigenvalue weighted by Gasteiger charge is -2.19. The molecule has 0 spiro atoms. The van der Waals surface area contributed by atoms with Crippen LogP contribution in [-0.4, -0.2) is 36.8 Å². The highest BCUT2D eigenvalue weighted by molar-refractivity contribution is 7.87. The largest absolute Gasteiger partial charge is 0.340 e. The standard InChI is InChI=1S/C14H23N3O3S/c1-3-10-16(2)21(19,20)15-14(18)13-9-6-11-17(13)12-7-4-5-8-12/h6,9,11-12H,3-5,7-8,10H2,1-2H3,(H,15,18). The minimum atomic E-state index is -3.77. The maximum Gasteiger partial charge on any atom is 0.303 e. The number of nitrogens with zero attached hydrogens (tertiary/aromatic N) is 2. The van der Waals surface area contributed by atoms with Crippen LogP contribution in [0.4, 0.5) is 0 Å². The summed E-state index contributed by atoms with van der Waals surface area (Å²) in [4.78, 5) is 12.3. The van der Waals surface area contributed by atoms with Gasteiger partial charge in [-0.05, 0) is 31.4 Å². The quantitative estimate of drug-likeness (QED) is 0.872. The normalized spacial score (nSPS) is 16.5. The van der Waals surface area contributed by atoms with Crippen LogP contribution in [0.25, 0.3) is 0 Å². The van der Waals surface area contributed by atoms with Crippen molar-refractivity contribution in [2.75, 3.05) is 13.6 Å². The molecule has 0 atom stereocenters. The van der Waals surface area contributed by atoms with Gasteiger partial charge in [-0.1, -0.05) is 19.8 Å². The van der Waals surface area contributed by atoms with Gasteiger partial charge in [0.25, 0.3) is 5.91 Å². The number of hydrogen-bond acceptors (Lipinski definition) is 3. The van der Waals surface area contributed by atoms with Gasteiger partial charge in [-0.15, -0.1) is 0 Å². The van der Waals surface area contributed by atoms with Gasteiger partial charge < -0.3 is 4.57 Å². The highest BCUT2D eigenvalue weighted by atomic mass is 32.2. The summed E-state index contributed by atoms with van der Waals surface area (Å²) in [5.74, 6) is -0.560. The first-order valence-corrected chi connectivity index (χ1v) is 8.85. The fraction of sp³-hybridized carbons (Fsp3) is 0.643. The monoisotopic (exact) mass is 313 g/mol. The van der Waals surface area contributed by atoms with Gasteiger partial charge in [0, 0.05) is 25.8 Å². The SMILES string of the molecule is CCCN(C)S(=O)(=O)NC(=O)c1cccn1C1CCCC1. The highest BCUT2D eigenvalue weighted by Crippen LogP contribution is 2.30. The number of rotatable bonds is 6. The molecule has 0 bridgehead atoms. The van der Waals surface area contributed by atoms with Crippen LogP contribution in [0.1, 0.15) is 55.6 Å². The molecule has 2 rings (SSSR count). The third-order valence-electron chi connectivity index (χ3n) is 3.90. The molecule has 6 nitrogen and oxygen atoms in total. The fourth-order valence-corrected chi connectivity index (χ4v) is 3.69. The molecule has 1 fully saturated rings. The summed E-state index contributed by atoms with van der Waals surface area (Å²) in [6, 6.07) is 3.76. The van der Waals surface area contributed by atoms with Crippen LogP contribution in [0, 0.1) is 0 Å². The number of amides is 1. The molecular weight excluding hydrogens is 290 g/mol. The molecule has 1 aromatic heterocycles. The van der Waals surface area contributed by atoms with Crippen molar-refractivity contribution in [2.24, 2.45) is 0 Å². The van der Waals surface area contributed by atoms with Crippen molar-refractivity contribution in [3.8, 4) is 0 Å². The van der Waals surface area contributed by atoms with E-state index in [0.29, 0.717) is 24.7 Å². The Morgan fingerprint density at radius 1 is 1.43 bits per heavy atom. The summed E-state index contributed by atoms with van der Waals surface area (Å²) in [7, 11) is -2.30. The average molecular weight is 313 g/mol. The second-order valence-corrected chi connectivity index (χ2v) is 7.27. The molecular formula is C14H23N3O3S. The van der Waals surface area contributed by atoms with E-state index in [-0.39, 0.29) is 0 Å². The van der Waals surface area contributed by atoms with E-state index in [1.807, 2.05) is 17.7 Å². The molecule has 0 aromatic carbocycles. The first-order valence-electron chi connectivity index (χ1n) is 7.41. The first-order chi connectivity index (χ1) is 9.95. The lowest BCUT2D eigenvalue weighted by Crippen LogP contribution is -2.42. The molecule has 0 radical (unpaired) electrons. The number of hydrogen-bond donors (Lipinski definition) is 1. The molecule has 0 saturated heterocycles. The van der Waals surface area contributed by atoms with Crippen LogP contribution >= 0.6 is 0 Å². The van der Waals surface area contributed by atoms with E-state index < -0.39 is 16.1 Å². The van der Waals surface area contributed by atoms with Crippen LogP contribution < -0.4 is 4.72 Å². The maximum absolute atomic E-state index is 12.3. The summed E-state index contributed by atoms with van der Waals surface area (Å²) in [5, 5.41) is 0. The van der Waals surface area contributed by atoms with Gasteiger partial charge in [0.05, 0.1) is 0 Å². The van der Waals surface area contributed by atoms with Gasteiger partial charge in [0.15, 0.2) is 0 Å². The molecule has 21 heavy (non-hydrogen) atoms. The summed E-state index contributed by atoms with van der Waals surface area (Å²) in [6.07, 6.45) is 6.94. The molecule has 7 heteroatoms. The molecule has 1 saturated carbocycles. The van der Waals surface area contributed by atoms with Crippen LogP contribution in [0.2, 0.25) is 0 Å². The van der Waals surface area contributed by atoms with Crippen molar-refractivity contribution < 1.29 is 13.2 Å². The van der Waals surface area contributed by atoms with Crippen LogP contribution in [0.15, 0.2) is 18.3 Å². The Bertz CT molecular complexity index is 588. The third-order valence-corrected chi connectivity index (χ3v) is 5.35. The van der Waals surface area contributed by atoms with E-state index in [0.717, 1.165) is 30.0 Å². The van der Waals surface area contributed by atoms with Crippen LogP contribution in [-0.2, 0) is 10.2 Å². The fourth-order valence-electron chi connectivity index (χ4n) is 2.77. The minimum absolute atomic E-state index is 0.303. The molecule has 1 aromatic rings. The highest BCUT2D eigenvalue weighted by Gasteiger charge is 2.25. The number of aromatic nitrogens is 1. The summed E-state index contributed by atoms with van der Waals surface area (Å²) >= 11 is 0. The Labute approximate surface area is 126 Å². The van der Waals surface area contributed by atoms with Crippen molar-refractivity contribution in [3.05, 3.63) is 24.0 Å². The number of carbonyl (C=O) groups is 1. The number of carbonyl (C=O) groups excluding carboxylic acids is 1. The Hall–Kier alpha value is -1.34. The van der Waals surface area contributed by atoms with Crippen molar-refractivity contribution in [3.63, 3.8) is 0 Å². The molecule has 118 valence electrons. The molecule has 1 amide bonds. The molecule has 1 aliphatic carbocycles. The summed E-state index contributed by atoms with van der Waals surface area (Å²) in [5.41, 5.74) is 0.412. The maximum atomic E-state index is 12.3. The Morgan fingerprint density at radius 2 is 2.10 bits per heavy atom. The van der Waals surface area contributed by atoms with Gasteiger partial charge in [-0.25, -0.2) is 4.72 Å².